The van der Waals surface area contributed by atoms with Crippen LogP contribution in [0, 0.1) is 29.6 Å². The number of nitrogens with two attached hydrogens (primary N) is 4. The van der Waals surface area contributed by atoms with Crippen LogP contribution in [0.4, 0.5) is 0 Å². The molecule has 1 aromatic carbocycles. The van der Waals surface area contributed by atoms with E-state index in [1.807, 2.05) is 85.7 Å². The second kappa shape index (κ2) is 47.8. The fourth-order valence-corrected chi connectivity index (χ4v) is 11.0. The van der Waals surface area contributed by atoms with Crippen molar-refractivity contribution in [1.29, 1.82) is 0 Å². The van der Waals surface area contributed by atoms with E-state index in [4.69, 9.17) is 41.9 Å². The number of allylic oxidation sites excluding steroid dienone is 1. The van der Waals surface area contributed by atoms with E-state index < -0.39 is 66.2 Å². The van der Waals surface area contributed by atoms with Crippen LogP contribution in [0.5, 0.6) is 0 Å². The molecule has 2 rings (SSSR count). The summed E-state index contributed by atoms with van der Waals surface area (Å²) < 4.78 is 20.7. The summed E-state index contributed by atoms with van der Waals surface area (Å²) in [6, 6.07) is 3.78. The number of esters is 4. The maximum atomic E-state index is 12.3. The van der Waals surface area contributed by atoms with Gasteiger partial charge >= 0.3 is 23.9 Å². The number of amides is 3. The SMILES string of the molecule is C=C(C)NC(CSC(=O)C(N)C(C)C)C(=O)OCC.CC(C)OC(=O)[C@H](CSC(=O)[C@@H](N)C(C)C)NC(=O)C(C)C.CC(C)OC(=O)[C@H](CSC(=O)[C@@H](N)C(C)C)NC(=O)Cc1ccccc1.CCC(=O)N[C@@H](CSC(=O)[C@@H](N)C(C)C)C(=O)OC1CCCC1. The highest BCUT2D eigenvalue weighted by atomic mass is 32.2. The largest absolute Gasteiger partial charge is 0.464 e. The van der Waals surface area contributed by atoms with Gasteiger partial charge in [0.1, 0.15) is 30.3 Å². The van der Waals surface area contributed by atoms with Gasteiger partial charge in [0, 0.05) is 41.0 Å². The fourth-order valence-electron chi connectivity index (χ4n) is 6.89. The average molecular weight is 1350 g/mol. The molecule has 0 aliphatic heterocycles. The zero-order valence-corrected chi connectivity index (χ0v) is 59.4. The van der Waals surface area contributed by atoms with Crippen LogP contribution in [0.3, 0.4) is 0 Å². The number of rotatable bonds is 33. The van der Waals surface area contributed by atoms with Crippen LogP contribution in [-0.4, -0.2) is 158 Å². The van der Waals surface area contributed by atoms with Crippen molar-refractivity contribution >= 4 is 109 Å². The van der Waals surface area contributed by atoms with Crippen molar-refractivity contribution in [3.8, 4) is 0 Å². The summed E-state index contributed by atoms with van der Waals surface area (Å²) >= 11 is 3.92. The molecule has 0 spiro atoms. The molecular formula is C63H108N8O15S4. The fraction of sp³-hybridized carbons (Fsp3) is 0.698. The van der Waals surface area contributed by atoms with Gasteiger partial charge in [0.2, 0.25) is 38.2 Å². The van der Waals surface area contributed by atoms with Crippen LogP contribution >= 0.6 is 47.0 Å². The van der Waals surface area contributed by atoms with Gasteiger partial charge in [-0.1, -0.05) is 160 Å². The lowest BCUT2D eigenvalue weighted by atomic mass is 10.1. The van der Waals surface area contributed by atoms with Crippen molar-refractivity contribution in [2.45, 2.75) is 223 Å². The third kappa shape index (κ3) is 39.4. The van der Waals surface area contributed by atoms with Gasteiger partial charge in [0.25, 0.3) is 0 Å². The molecule has 0 saturated heterocycles. The molecule has 1 aliphatic rings. The van der Waals surface area contributed by atoms with Crippen molar-refractivity contribution in [2.75, 3.05) is 29.6 Å². The first-order valence-electron chi connectivity index (χ1n) is 30.7. The summed E-state index contributed by atoms with van der Waals surface area (Å²) in [6.07, 6.45) is 3.60. The van der Waals surface area contributed by atoms with E-state index in [0.29, 0.717) is 12.3 Å². The normalized spacial score (nSPS) is 14.8. The van der Waals surface area contributed by atoms with Crippen molar-refractivity contribution in [3.63, 3.8) is 0 Å². The number of hydrogen-bond acceptors (Lipinski definition) is 24. The number of carbonyl (C=O) groups is 11. The van der Waals surface area contributed by atoms with Crippen LogP contribution < -0.4 is 44.2 Å². The van der Waals surface area contributed by atoms with Gasteiger partial charge in [-0.2, -0.15) is 0 Å². The van der Waals surface area contributed by atoms with Crippen molar-refractivity contribution in [2.24, 2.45) is 52.5 Å². The van der Waals surface area contributed by atoms with Gasteiger partial charge in [-0.25, -0.2) is 19.2 Å². The second-order valence-corrected chi connectivity index (χ2v) is 27.7. The van der Waals surface area contributed by atoms with Gasteiger partial charge in [-0.05, 0) is 96.5 Å². The van der Waals surface area contributed by atoms with Crippen LogP contribution in [0.15, 0.2) is 42.6 Å². The molecule has 1 aliphatic carbocycles. The lowest BCUT2D eigenvalue weighted by Crippen LogP contribution is -2.46. The molecule has 0 bridgehead atoms. The van der Waals surface area contributed by atoms with E-state index in [1.165, 1.54) is 0 Å². The molecule has 2 unspecified atom stereocenters. The Balaban J connectivity index is 0. The van der Waals surface area contributed by atoms with Crippen LogP contribution in [0.25, 0.3) is 0 Å². The summed E-state index contributed by atoms with van der Waals surface area (Å²) in [5.74, 6) is -2.23. The summed E-state index contributed by atoms with van der Waals surface area (Å²) in [4.78, 5) is 132. The third-order valence-corrected chi connectivity index (χ3v) is 16.9. The van der Waals surface area contributed by atoms with Crippen LogP contribution in [0.2, 0.25) is 0 Å². The van der Waals surface area contributed by atoms with Gasteiger partial charge in [0.15, 0.2) is 0 Å². The molecular weight excluding hydrogens is 1240 g/mol. The van der Waals surface area contributed by atoms with Crippen molar-refractivity contribution in [1.82, 2.24) is 21.3 Å². The van der Waals surface area contributed by atoms with Crippen LogP contribution in [0.1, 0.15) is 155 Å². The second-order valence-electron chi connectivity index (χ2n) is 23.6. The minimum Gasteiger partial charge on any atom is -0.464 e. The van der Waals surface area contributed by atoms with Gasteiger partial charge < -0.3 is 63.1 Å². The molecule has 27 heteroatoms. The molecule has 1 saturated carbocycles. The highest BCUT2D eigenvalue weighted by Crippen LogP contribution is 2.23. The molecule has 514 valence electrons. The Labute approximate surface area is 552 Å². The standard InChI is InChI=1S/C19H28N2O4S.C16H28N2O4S.C15H28N2O4S.C13H24N2O3S/c1-12(2)17(20)19(24)26-11-15(18(23)25-13(3)4)21-16(22)10-14-8-6-5-7-9-14;1-4-13(19)18-12(9-23-16(21)14(17)10(2)3)15(20)22-11-7-5-6-8-11;1-8(2)12(16)15(20)22-7-11(14(19)21-10(5)6)17-13(18)9(3)4;1-6-18-12(16)10(15-9(4)5)7-19-13(17)11(14)8(2)3/h5-9,12-13,15,17H,10-11,20H2,1-4H3,(H,21,22);10-12,14H,4-9,17H2,1-3H3,(H,18,19);8-12H,7,16H2,1-6H3,(H,17,18);8,10-11,15H,4,6-7,14H2,1-3,5H3/t15-,17-;12-,14-;11-,12-;/m000./s1. The molecule has 23 nitrogen and oxygen atoms in total. The Morgan fingerprint density at radius 1 is 0.500 bits per heavy atom. The zero-order chi connectivity index (χ0) is 69.5. The number of ether oxygens (including phenoxy) is 4. The van der Waals surface area contributed by atoms with Gasteiger partial charge in [-0.3, -0.25) is 33.6 Å². The van der Waals surface area contributed by atoms with Gasteiger partial charge in [0.05, 0.1) is 49.4 Å². The Bertz CT molecular complexity index is 2390. The van der Waals surface area contributed by atoms with Crippen LogP contribution in [-0.2, 0) is 78.1 Å². The molecule has 0 aromatic heterocycles. The molecule has 3 amide bonds. The first kappa shape index (κ1) is 87.0. The average Bonchev–Trinajstić information content (AvgIpc) is 3.71. The van der Waals surface area contributed by atoms with Crippen molar-refractivity contribution < 1.29 is 71.7 Å². The zero-order valence-electron chi connectivity index (χ0n) is 56.2. The molecule has 0 heterocycles. The van der Waals surface area contributed by atoms with E-state index in [2.05, 4.69) is 27.8 Å². The summed E-state index contributed by atoms with van der Waals surface area (Å²) in [5, 5.41) is 10.1. The van der Waals surface area contributed by atoms with Gasteiger partial charge in [-0.15, -0.1) is 0 Å². The Kier molecular flexibility index (Phi) is 46.2. The molecule has 1 fully saturated rings. The first-order chi connectivity index (χ1) is 41.9. The van der Waals surface area contributed by atoms with E-state index in [0.717, 1.165) is 78.3 Å². The topological polar surface area (TPSA) is 377 Å². The maximum Gasteiger partial charge on any atom is 0.329 e. The molecule has 90 heavy (non-hydrogen) atoms. The minimum atomic E-state index is -0.901. The molecule has 1 aromatic rings. The first-order valence-corrected chi connectivity index (χ1v) is 34.7. The van der Waals surface area contributed by atoms with E-state index >= 15 is 0 Å². The summed E-state index contributed by atoms with van der Waals surface area (Å²) in [6.45, 7) is 34.5. The Morgan fingerprint density at radius 3 is 1.17 bits per heavy atom. The Hall–Kier alpha value is -5.03. The smallest absolute Gasteiger partial charge is 0.329 e. The quantitative estimate of drug-likeness (QED) is 0.0290. The number of nitrogens with one attached hydrogen (secondary N) is 4. The monoisotopic (exact) mass is 1340 g/mol. The summed E-state index contributed by atoms with van der Waals surface area (Å²) in [7, 11) is 0. The molecule has 0 radical (unpaired) electrons. The van der Waals surface area contributed by atoms with E-state index in [1.54, 1.807) is 62.3 Å². The summed E-state index contributed by atoms with van der Waals surface area (Å²) in [5.41, 5.74) is 24.7. The maximum absolute atomic E-state index is 12.3. The number of benzene rings is 1. The Morgan fingerprint density at radius 2 is 0.844 bits per heavy atom. The predicted molar refractivity (Wildman–Crippen MR) is 361 cm³/mol. The lowest BCUT2D eigenvalue weighted by molar-refractivity contribution is -0.152. The van der Waals surface area contributed by atoms with E-state index in [-0.39, 0.29) is 128 Å². The lowest BCUT2D eigenvalue weighted by Gasteiger charge is -2.20. The number of carbonyl (C=O) groups excluding carboxylic acids is 11. The number of thioether (sulfide) groups is 4. The molecule has 8 atom stereocenters. The highest BCUT2D eigenvalue weighted by molar-refractivity contribution is 8.14. The molecule has 12 N–H and O–H groups in total. The predicted octanol–water partition coefficient (Wildman–Crippen LogP) is 6.13. The number of hydrogen-bond donors (Lipinski definition) is 8. The van der Waals surface area contributed by atoms with E-state index in [9.17, 15) is 52.7 Å². The minimum absolute atomic E-state index is 0.00346. The highest BCUT2D eigenvalue weighted by Gasteiger charge is 2.32. The van der Waals surface area contributed by atoms with Crippen molar-refractivity contribution in [3.05, 3.63) is 48.2 Å². The third-order valence-electron chi connectivity index (χ3n) is 12.7.